The molecule has 1 amide bonds. The van der Waals surface area contributed by atoms with Crippen molar-refractivity contribution in [3.63, 3.8) is 0 Å². The van der Waals surface area contributed by atoms with E-state index in [1.165, 1.54) is 6.07 Å². The first kappa shape index (κ1) is 15.4. The van der Waals surface area contributed by atoms with E-state index in [1.807, 2.05) is 54.6 Å². The molecule has 3 aromatic rings. The molecule has 1 aliphatic heterocycles. The molecule has 1 atom stereocenters. The standard InChI is InChI=1S/C21H17FN2O/c22-18-12-6-7-13-19(18)23-20-16-10-4-5-11-17(16)21(25)24(20)14-15-8-2-1-3-9-15/h1-13,20,23H,14H2/t20-/m0/s1. The van der Waals surface area contributed by atoms with Gasteiger partial charge < -0.3 is 10.2 Å². The van der Waals surface area contributed by atoms with Crippen molar-refractivity contribution in [2.24, 2.45) is 0 Å². The molecule has 0 saturated carbocycles. The molecule has 1 heterocycles. The molecule has 0 fully saturated rings. The number of carbonyl (C=O) groups is 1. The summed E-state index contributed by atoms with van der Waals surface area (Å²) in [7, 11) is 0. The van der Waals surface area contributed by atoms with Gasteiger partial charge in [0.2, 0.25) is 0 Å². The highest BCUT2D eigenvalue weighted by molar-refractivity contribution is 5.99. The average molecular weight is 332 g/mol. The fourth-order valence-electron chi connectivity index (χ4n) is 3.19. The lowest BCUT2D eigenvalue weighted by atomic mass is 10.1. The van der Waals surface area contributed by atoms with Crippen molar-refractivity contribution in [1.82, 2.24) is 4.90 Å². The van der Waals surface area contributed by atoms with Crippen molar-refractivity contribution < 1.29 is 9.18 Å². The van der Waals surface area contributed by atoms with Gasteiger partial charge in [0.1, 0.15) is 12.0 Å². The molecule has 0 radical (unpaired) electrons. The largest absolute Gasteiger partial charge is 0.359 e. The van der Waals surface area contributed by atoms with E-state index in [1.54, 1.807) is 23.1 Å². The second-order valence-electron chi connectivity index (χ2n) is 6.03. The van der Waals surface area contributed by atoms with Gasteiger partial charge in [-0.2, -0.15) is 0 Å². The van der Waals surface area contributed by atoms with Crippen LogP contribution >= 0.6 is 0 Å². The zero-order valence-corrected chi connectivity index (χ0v) is 13.5. The molecule has 0 aromatic heterocycles. The van der Waals surface area contributed by atoms with Crippen LogP contribution in [0.4, 0.5) is 10.1 Å². The Morgan fingerprint density at radius 1 is 0.880 bits per heavy atom. The molecule has 4 heteroatoms. The SMILES string of the molecule is O=C1c2ccccc2[C@@H](Nc2ccccc2F)N1Cc1ccccc1. The van der Waals surface area contributed by atoms with Crippen molar-refractivity contribution in [3.05, 3.63) is 101 Å². The molecule has 1 aliphatic rings. The summed E-state index contributed by atoms with van der Waals surface area (Å²) in [5.74, 6) is -0.382. The van der Waals surface area contributed by atoms with Gasteiger partial charge in [-0.25, -0.2) is 4.39 Å². The minimum absolute atomic E-state index is 0.0479. The van der Waals surface area contributed by atoms with E-state index < -0.39 is 6.17 Å². The average Bonchev–Trinajstić information content (AvgIpc) is 2.91. The number of rotatable bonds is 4. The van der Waals surface area contributed by atoms with Gasteiger partial charge in [-0.05, 0) is 23.8 Å². The zero-order chi connectivity index (χ0) is 17.2. The number of nitrogens with zero attached hydrogens (tertiary/aromatic N) is 1. The van der Waals surface area contributed by atoms with E-state index in [-0.39, 0.29) is 11.7 Å². The van der Waals surface area contributed by atoms with Gasteiger partial charge in [-0.1, -0.05) is 60.7 Å². The molecule has 3 aromatic carbocycles. The van der Waals surface area contributed by atoms with Gasteiger partial charge in [0.05, 0.1) is 5.69 Å². The fourth-order valence-corrected chi connectivity index (χ4v) is 3.19. The van der Waals surface area contributed by atoms with Crippen LogP contribution in [0.3, 0.4) is 0 Å². The highest BCUT2D eigenvalue weighted by atomic mass is 19.1. The summed E-state index contributed by atoms with van der Waals surface area (Å²) in [5, 5.41) is 3.20. The Labute approximate surface area is 145 Å². The van der Waals surface area contributed by atoms with Crippen LogP contribution in [0.5, 0.6) is 0 Å². The third-order valence-electron chi connectivity index (χ3n) is 4.42. The Balaban J connectivity index is 1.71. The summed E-state index contributed by atoms with van der Waals surface area (Å²) < 4.78 is 14.1. The van der Waals surface area contributed by atoms with Crippen molar-refractivity contribution in [1.29, 1.82) is 0 Å². The maximum Gasteiger partial charge on any atom is 0.256 e. The molecular formula is C21H17FN2O. The minimum Gasteiger partial charge on any atom is -0.359 e. The summed E-state index contributed by atoms with van der Waals surface area (Å²) in [5.41, 5.74) is 2.94. The Kier molecular flexibility index (Phi) is 3.94. The van der Waals surface area contributed by atoms with Gasteiger partial charge >= 0.3 is 0 Å². The highest BCUT2D eigenvalue weighted by Gasteiger charge is 2.36. The van der Waals surface area contributed by atoms with Crippen LogP contribution in [0.1, 0.15) is 27.7 Å². The molecule has 4 rings (SSSR count). The van der Waals surface area contributed by atoms with Crippen molar-refractivity contribution in [2.45, 2.75) is 12.7 Å². The quantitative estimate of drug-likeness (QED) is 0.758. The molecule has 25 heavy (non-hydrogen) atoms. The molecule has 0 unspecified atom stereocenters. The Morgan fingerprint density at radius 2 is 1.56 bits per heavy atom. The highest BCUT2D eigenvalue weighted by Crippen LogP contribution is 2.35. The minimum atomic E-state index is -0.402. The first-order valence-electron chi connectivity index (χ1n) is 8.19. The van der Waals surface area contributed by atoms with Crippen LogP contribution in [-0.4, -0.2) is 10.8 Å². The van der Waals surface area contributed by atoms with E-state index in [4.69, 9.17) is 0 Å². The van der Waals surface area contributed by atoms with E-state index in [9.17, 15) is 9.18 Å². The van der Waals surface area contributed by atoms with E-state index in [0.717, 1.165) is 11.1 Å². The third-order valence-corrected chi connectivity index (χ3v) is 4.42. The molecular weight excluding hydrogens is 315 g/mol. The van der Waals surface area contributed by atoms with Gasteiger partial charge in [0, 0.05) is 17.7 Å². The van der Waals surface area contributed by atoms with E-state index >= 15 is 0 Å². The number of hydrogen-bond donors (Lipinski definition) is 1. The fraction of sp³-hybridized carbons (Fsp3) is 0.0952. The molecule has 124 valence electrons. The summed E-state index contributed by atoms with van der Waals surface area (Å²) in [4.78, 5) is 14.6. The first-order valence-corrected chi connectivity index (χ1v) is 8.19. The molecule has 3 nitrogen and oxygen atoms in total. The molecule has 1 N–H and O–H groups in total. The van der Waals surface area contributed by atoms with Gasteiger partial charge in [0.25, 0.3) is 5.91 Å². The Morgan fingerprint density at radius 3 is 2.36 bits per heavy atom. The summed E-state index contributed by atoms with van der Waals surface area (Å²) in [6.07, 6.45) is -0.402. The zero-order valence-electron chi connectivity index (χ0n) is 13.5. The second kappa shape index (κ2) is 6.40. The number of para-hydroxylation sites is 1. The Bertz CT molecular complexity index is 911. The van der Waals surface area contributed by atoms with Gasteiger partial charge in [-0.3, -0.25) is 4.79 Å². The summed E-state index contributed by atoms with van der Waals surface area (Å²) >= 11 is 0. The predicted molar refractivity (Wildman–Crippen MR) is 95.5 cm³/mol. The number of nitrogens with one attached hydrogen (secondary N) is 1. The number of hydrogen-bond acceptors (Lipinski definition) is 2. The van der Waals surface area contributed by atoms with Crippen molar-refractivity contribution >= 4 is 11.6 Å². The van der Waals surface area contributed by atoms with Crippen LogP contribution < -0.4 is 5.32 Å². The summed E-state index contributed by atoms with van der Waals surface area (Å²) in [6, 6.07) is 23.8. The van der Waals surface area contributed by atoms with Crippen LogP contribution in [0.15, 0.2) is 78.9 Å². The van der Waals surface area contributed by atoms with Crippen LogP contribution in [-0.2, 0) is 6.54 Å². The smallest absolute Gasteiger partial charge is 0.256 e. The maximum absolute atomic E-state index is 14.1. The van der Waals surface area contributed by atoms with Crippen LogP contribution in [0, 0.1) is 5.82 Å². The van der Waals surface area contributed by atoms with E-state index in [2.05, 4.69) is 5.32 Å². The normalized spacial score (nSPS) is 16.0. The summed E-state index contributed by atoms with van der Waals surface area (Å²) in [6.45, 7) is 0.459. The van der Waals surface area contributed by atoms with Gasteiger partial charge in [0.15, 0.2) is 0 Å². The van der Waals surface area contributed by atoms with Crippen LogP contribution in [0.25, 0.3) is 0 Å². The molecule has 0 spiro atoms. The number of benzene rings is 3. The topological polar surface area (TPSA) is 32.3 Å². The third kappa shape index (κ3) is 2.87. The van der Waals surface area contributed by atoms with Crippen LogP contribution in [0.2, 0.25) is 0 Å². The lowest BCUT2D eigenvalue weighted by Gasteiger charge is -2.27. The number of fused-ring (bicyclic) bond motifs is 1. The number of halogens is 1. The Hall–Kier alpha value is -3.14. The lowest BCUT2D eigenvalue weighted by molar-refractivity contribution is 0.0728. The van der Waals surface area contributed by atoms with Crippen molar-refractivity contribution in [3.8, 4) is 0 Å². The van der Waals surface area contributed by atoms with Crippen molar-refractivity contribution in [2.75, 3.05) is 5.32 Å². The second-order valence-corrected chi connectivity index (χ2v) is 6.03. The first-order chi connectivity index (χ1) is 12.2. The predicted octanol–water partition coefficient (Wildman–Crippen LogP) is 4.59. The number of carbonyl (C=O) groups excluding carboxylic acids is 1. The monoisotopic (exact) mass is 332 g/mol. The van der Waals surface area contributed by atoms with Gasteiger partial charge in [-0.15, -0.1) is 0 Å². The lowest BCUT2D eigenvalue weighted by Crippen LogP contribution is -2.32. The van der Waals surface area contributed by atoms with E-state index in [0.29, 0.717) is 17.8 Å². The molecule has 0 bridgehead atoms. The molecule has 0 aliphatic carbocycles. The molecule has 0 saturated heterocycles. The number of anilines is 1. The maximum atomic E-state index is 14.1. The number of amides is 1.